The third-order valence-electron chi connectivity index (χ3n) is 11.8. The molecule has 10 nitrogen and oxygen atoms in total. The van der Waals surface area contributed by atoms with E-state index >= 15 is 4.79 Å². The topological polar surface area (TPSA) is 113 Å². The number of benzene rings is 4. The van der Waals surface area contributed by atoms with Crippen LogP contribution in [-0.4, -0.2) is 56.5 Å². The monoisotopic (exact) mass is 755 g/mol. The Morgan fingerprint density at radius 2 is 0.875 bits per heavy atom. The van der Waals surface area contributed by atoms with Crippen molar-refractivity contribution in [2.75, 3.05) is 17.4 Å². The molecule has 0 aliphatic carbocycles. The zero-order valence-corrected chi connectivity index (χ0v) is 33.8. The zero-order valence-electron chi connectivity index (χ0n) is 33.0. The maximum atomic E-state index is 15.8. The minimum atomic E-state index is -0.706. The third-order valence-corrected chi connectivity index (χ3v) is 12.5. The Labute approximate surface area is 328 Å². The number of fused-ring (bicyclic) bond motifs is 16. The van der Waals surface area contributed by atoms with E-state index in [0.29, 0.717) is 52.4 Å². The molecule has 1 N–H and O–H groups in total. The lowest BCUT2D eigenvalue weighted by molar-refractivity contribution is 0.0874. The van der Waals surface area contributed by atoms with Crippen LogP contribution in [0.15, 0.2) is 78.5 Å². The van der Waals surface area contributed by atoms with Crippen molar-refractivity contribution in [1.29, 1.82) is 0 Å². The van der Waals surface area contributed by atoms with Gasteiger partial charge >= 0.3 is 0 Å². The number of hydrogen-bond donors (Lipinski definition) is 1. The van der Waals surface area contributed by atoms with Crippen LogP contribution in [0.5, 0.6) is 0 Å². The summed E-state index contributed by atoms with van der Waals surface area (Å²) in [7, 11) is 0. The number of aromatic nitrogens is 2. The van der Waals surface area contributed by atoms with Gasteiger partial charge in [0.25, 0.3) is 5.91 Å². The summed E-state index contributed by atoms with van der Waals surface area (Å²) in [6.07, 6.45) is 2.60. The van der Waals surface area contributed by atoms with Gasteiger partial charge in [0.05, 0.1) is 0 Å². The van der Waals surface area contributed by atoms with E-state index in [-0.39, 0.29) is 5.91 Å². The summed E-state index contributed by atoms with van der Waals surface area (Å²) in [5, 5.41) is 3.60. The summed E-state index contributed by atoms with van der Waals surface area (Å²) in [5.41, 5.74) is 16.6. The Bertz CT molecular complexity index is 2910. The van der Waals surface area contributed by atoms with Crippen molar-refractivity contribution in [2.24, 2.45) is 30.0 Å². The average molecular weight is 756 g/mol. The van der Waals surface area contributed by atoms with Crippen LogP contribution in [0.3, 0.4) is 0 Å². The summed E-state index contributed by atoms with van der Waals surface area (Å²) in [6, 6.07) is 16.2. The van der Waals surface area contributed by atoms with Gasteiger partial charge in [-0.3, -0.25) is 4.79 Å². The molecular formula is C45H41N9OS. The van der Waals surface area contributed by atoms with Gasteiger partial charge in [0, 0.05) is 43.8 Å². The molecule has 0 fully saturated rings. The molecule has 0 spiro atoms. The number of thioether (sulfide) groups is 1. The average Bonchev–Trinajstić information content (AvgIpc) is 3.90. The Hall–Kier alpha value is -5.94. The lowest BCUT2D eigenvalue weighted by atomic mass is 9.97. The van der Waals surface area contributed by atoms with Crippen LogP contribution < -0.4 is 16.4 Å². The van der Waals surface area contributed by atoms with Crippen LogP contribution in [-0.2, 0) is 0 Å². The molecule has 0 amide bonds. The van der Waals surface area contributed by atoms with Crippen LogP contribution in [0.4, 0.5) is 11.6 Å². The smallest absolute Gasteiger partial charge is 0.258 e. The maximum Gasteiger partial charge on any atom is 0.258 e. The summed E-state index contributed by atoms with van der Waals surface area (Å²) in [5.74, 6) is 4.00. The lowest BCUT2D eigenvalue weighted by Gasteiger charge is -2.22. The Balaban J connectivity index is 1.52. The van der Waals surface area contributed by atoms with Gasteiger partial charge in [0.2, 0.25) is 0 Å². The number of rotatable bonds is 3. The van der Waals surface area contributed by atoms with E-state index < -0.39 is 6.04 Å². The van der Waals surface area contributed by atoms with Gasteiger partial charge in [-0.2, -0.15) is 11.8 Å². The number of amidine groups is 4. The fourth-order valence-corrected chi connectivity index (χ4v) is 9.36. The molecule has 6 bridgehead atoms. The largest absolute Gasteiger partial charge is 0.310 e. The molecule has 1 atom stereocenters. The molecule has 0 saturated heterocycles. The first-order valence-electron chi connectivity index (χ1n) is 19.1. The molecule has 0 saturated carbocycles. The summed E-state index contributed by atoms with van der Waals surface area (Å²) in [4.78, 5) is 48.2. The highest BCUT2D eigenvalue weighted by Crippen LogP contribution is 2.44. The van der Waals surface area contributed by atoms with Gasteiger partial charge in [-0.05, 0) is 118 Å². The fraction of sp³-hybridized carbons (Fsp3) is 0.267. The van der Waals surface area contributed by atoms with Crippen LogP contribution in [0.1, 0.15) is 78.0 Å². The summed E-state index contributed by atoms with van der Waals surface area (Å²) >= 11 is 1.70. The molecule has 6 heterocycles. The van der Waals surface area contributed by atoms with E-state index in [2.05, 4.69) is 116 Å². The van der Waals surface area contributed by atoms with Gasteiger partial charge in [0.1, 0.15) is 6.04 Å². The van der Waals surface area contributed by atoms with Crippen molar-refractivity contribution in [2.45, 2.75) is 67.9 Å². The van der Waals surface area contributed by atoms with E-state index in [1.165, 1.54) is 0 Å². The minimum absolute atomic E-state index is 0.177. The quantitative estimate of drug-likeness (QED) is 0.198. The molecule has 4 aliphatic rings. The molecule has 4 aliphatic heterocycles. The van der Waals surface area contributed by atoms with E-state index in [4.69, 9.17) is 30.0 Å². The first kappa shape index (κ1) is 34.5. The summed E-state index contributed by atoms with van der Waals surface area (Å²) in [6.45, 7) is 16.7. The number of carbonyl (C=O) groups is 1. The van der Waals surface area contributed by atoms with Gasteiger partial charge in [-0.1, -0.05) is 48.5 Å². The summed E-state index contributed by atoms with van der Waals surface area (Å²) < 4.78 is 3.69. The van der Waals surface area contributed by atoms with Crippen molar-refractivity contribution in [1.82, 2.24) is 9.24 Å². The highest BCUT2D eigenvalue weighted by Gasteiger charge is 2.35. The maximum absolute atomic E-state index is 15.8. The first-order valence-corrected chi connectivity index (χ1v) is 20.4. The number of hydrogen-bond acceptors (Lipinski definition) is 9. The van der Waals surface area contributed by atoms with E-state index in [0.717, 1.165) is 94.1 Å². The number of aryl methyl sites for hydroxylation is 8. The second kappa shape index (κ2) is 12.3. The number of carbonyl (C=O) groups excluding carboxylic acids is 1. The molecule has 10 rings (SSSR count). The van der Waals surface area contributed by atoms with Gasteiger partial charge < -0.3 is 5.43 Å². The molecule has 2 aromatic heterocycles. The van der Waals surface area contributed by atoms with Crippen molar-refractivity contribution in [3.63, 3.8) is 0 Å². The van der Waals surface area contributed by atoms with Crippen LogP contribution >= 0.6 is 11.8 Å². The van der Waals surface area contributed by atoms with Crippen molar-refractivity contribution >= 4 is 74.2 Å². The number of nitrogens with zero attached hydrogens (tertiary/aromatic N) is 8. The predicted octanol–water partition coefficient (Wildman–Crippen LogP) is 8.01. The Morgan fingerprint density at radius 3 is 1.27 bits per heavy atom. The van der Waals surface area contributed by atoms with Crippen molar-refractivity contribution in [3.8, 4) is 0 Å². The van der Waals surface area contributed by atoms with Gasteiger partial charge in [0.15, 0.2) is 46.0 Å². The molecule has 4 aromatic carbocycles. The van der Waals surface area contributed by atoms with Crippen LogP contribution in [0.25, 0.3) is 21.5 Å². The van der Waals surface area contributed by atoms with Crippen LogP contribution in [0.2, 0.25) is 0 Å². The number of aliphatic imine (C=N–C) groups is 4. The first-order chi connectivity index (χ1) is 27.0. The standard InChI is InChI=1S/C45H41N9OS/c1-20-10-12-22(3)31-29(20)37-46-39(31)50-43-35-26(7)16-17-27(8)36(35)44-51-40-32-23(4)13-11-21(2)30(32)38(47-40)49-42-34-25(6)15-14-24(5)33(34)41(48-37)53(42)45(55)28(18-19-56-9)52-54(43)44/h10-17,28,52H,18-19H2,1-9H3/t28-/m0/s1. The normalized spacial score (nSPS) is 16.5. The zero-order chi connectivity index (χ0) is 38.9. The highest BCUT2D eigenvalue weighted by molar-refractivity contribution is 7.98. The van der Waals surface area contributed by atoms with Crippen molar-refractivity contribution in [3.05, 3.63) is 126 Å². The lowest BCUT2D eigenvalue weighted by Crippen LogP contribution is -2.46. The highest BCUT2D eigenvalue weighted by atomic mass is 32.2. The van der Waals surface area contributed by atoms with Gasteiger partial charge in [-0.25, -0.2) is 39.2 Å². The molecular weight excluding hydrogens is 715 g/mol. The van der Waals surface area contributed by atoms with E-state index in [1.54, 1.807) is 16.3 Å². The molecule has 0 unspecified atom stereocenters. The second-order valence-corrected chi connectivity index (χ2v) is 16.5. The fourth-order valence-electron chi connectivity index (χ4n) is 8.89. The molecule has 0 radical (unpaired) electrons. The Kier molecular flexibility index (Phi) is 7.57. The predicted molar refractivity (Wildman–Crippen MR) is 229 cm³/mol. The van der Waals surface area contributed by atoms with E-state index in [1.807, 2.05) is 4.68 Å². The second-order valence-electron chi connectivity index (χ2n) is 15.5. The number of nitrogens with one attached hydrogen (secondary N) is 1. The molecule has 11 heteroatoms. The van der Waals surface area contributed by atoms with E-state index in [9.17, 15) is 0 Å². The van der Waals surface area contributed by atoms with Gasteiger partial charge in [-0.15, -0.1) is 0 Å². The molecule has 278 valence electrons. The Morgan fingerprint density at radius 1 is 0.518 bits per heavy atom. The molecule has 56 heavy (non-hydrogen) atoms. The SMILES string of the molecule is CSCC[C@@H]1Nn2c3c4c(C)ccc(C)c4c2N=C2N=C(N=c4c5c(C)ccc(C)c5c(n4C1=O)=NC1=NC(=N3)c3c(C)ccc(C)c31)c1c(C)ccc(C)c12. The molecule has 6 aromatic rings. The van der Waals surface area contributed by atoms with Crippen molar-refractivity contribution < 1.29 is 4.79 Å². The third kappa shape index (κ3) is 4.73. The van der Waals surface area contributed by atoms with Crippen LogP contribution in [0, 0.1) is 55.4 Å². The minimum Gasteiger partial charge on any atom is -0.310 e.